The number of benzene rings is 1. The van der Waals surface area contributed by atoms with Crippen LogP contribution in [0, 0.1) is 11.8 Å². The van der Waals surface area contributed by atoms with Gasteiger partial charge in [-0.3, -0.25) is 4.90 Å². The largest absolute Gasteiger partial charge is 0.491 e. The van der Waals surface area contributed by atoms with Crippen molar-refractivity contribution < 1.29 is 4.74 Å². The highest BCUT2D eigenvalue weighted by atomic mass is 35.5. The lowest BCUT2D eigenvalue weighted by molar-refractivity contribution is 0.133. The van der Waals surface area contributed by atoms with Crippen molar-refractivity contribution in [2.24, 2.45) is 0 Å². The summed E-state index contributed by atoms with van der Waals surface area (Å²) in [5.74, 6) is 7.09. The Morgan fingerprint density at radius 3 is 2.70 bits per heavy atom. The van der Waals surface area contributed by atoms with Gasteiger partial charge in [-0.25, -0.2) is 0 Å². The van der Waals surface area contributed by atoms with Crippen molar-refractivity contribution in [3.63, 3.8) is 0 Å². The van der Waals surface area contributed by atoms with E-state index < -0.39 is 0 Å². The van der Waals surface area contributed by atoms with Crippen LogP contribution < -0.4 is 4.74 Å². The third-order valence-electron chi connectivity index (χ3n) is 3.44. The van der Waals surface area contributed by atoms with Crippen LogP contribution in [-0.2, 0) is 0 Å². The van der Waals surface area contributed by atoms with Crippen molar-refractivity contribution in [3.8, 4) is 17.6 Å². The summed E-state index contributed by atoms with van der Waals surface area (Å²) in [7, 11) is 2.17. The zero-order valence-electron chi connectivity index (χ0n) is 11.9. The lowest BCUT2D eigenvalue weighted by Crippen LogP contribution is -2.45. The average Bonchev–Trinajstić information content (AvgIpc) is 2.48. The Kier molecular flexibility index (Phi) is 6.20. The summed E-state index contributed by atoms with van der Waals surface area (Å²) in [4.78, 5) is 4.79. The van der Waals surface area contributed by atoms with Crippen LogP contribution in [0.3, 0.4) is 0 Å². The van der Waals surface area contributed by atoms with Gasteiger partial charge in [0.1, 0.15) is 12.4 Å². The van der Waals surface area contributed by atoms with Gasteiger partial charge in [0.2, 0.25) is 0 Å². The smallest absolute Gasteiger partial charge is 0.134 e. The molecule has 0 spiro atoms. The first-order chi connectivity index (χ1) is 9.79. The van der Waals surface area contributed by atoms with E-state index in [2.05, 4.69) is 28.7 Å². The van der Waals surface area contributed by atoms with Gasteiger partial charge in [0.25, 0.3) is 0 Å². The van der Waals surface area contributed by atoms with Crippen molar-refractivity contribution in [1.82, 2.24) is 9.80 Å². The molecule has 0 saturated carbocycles. The first-order valence-corrected chi connectivity index (χ1v) is 7.50. The lowest BCUT2D eigenvalue weighted by Gasteiger charge is -2.32. The zero-order chi connectivity index (χ0) is 14.2. The SMILES string of the molecule is CN1CCN(CCOc2ccccc2C#CCCl)CC1. The molecule has 0 bridgehead atoms. The van der Waals surface area contributed by atoms with Crippen molar-refractivity contribution in [1.29, 1.82) is 0 Å². The summed E-state index contributed by atoms with van der Waals surface area (Å²) in [5.41, 5.74) is 0.909. The second-order valence-electron chi connectivity index (χ2n) is 4.92. The van der Waals surface area contributed by atoms with Crippen LogP contribution in [0.4, 0.5) is 0 Å². The Labute approximate surface area is 126 Å². The molecule has 0 aliphatic carbocycles. The van der Waals surface area contributed by atoms with Gasteiger partial charge in [-0.15, -0.1) is 11.6 Å². The van der Waals surface area contributed by atoms with Crippen molar-refractivity contribution in [3.05, 3.63) is 29.8 Å². The number of hydrogen-bond acceptors (Lipinski definition) is 3. The molecule has 4 heteroatoms. The minimum absolute atomic E-state index is 0.343. The fourth-order valence-corrected chi connectivity index (χ4v) is 2.25. The van der Waals surface area contributed by atoms with Gasteiger partial charge in [-0.2, -0.15) is 0 Å². The van der Waals surface area contributed by atoms with Crippen molar-refractivity contribution in [2.45, 2.75) is 0 Å². The fourth-order valence-electron chi connectivity index (χ4n) is 2.18. The molecule has 1 saturated heterocycles. The Hall–Kier alpha value is -1.21. The normalized spacial score (nSPS) is 16.5. The van der Waals surface area contributed by atoms with Gasteiger partial charge < -0.3 is 9.64 Å². The molecule has 108 valence electrons. The van der Waals surface area contributed by atoms with Crippen molar-refractivity contribution in [2.75, 3.05) is 52.3 Å². The van der Waals surface area contributed by atoms with Gasteiger partial charge >= 0.3 is 0 Å². The lowest BCUT2D eigenvalue weighted by atomic mass is 10.2. The number of hydrogen-bond donors (Lipinski definition) is 0. The molecule has 0 radical (unpaired) electrons. The van der Waals surface area contributed by atoms with E-state index in [4.69, 9.17) is 16.3 Å². The van der Waals surface area contributed by atoms with Crippen LogP contribution >= 0.6 is 11.6 Å². The summed E-state index contributed by atoms with van der Waals surface area (Å²) < 4.78 is 5.86. The number of nitrogens with zero attached hydrogens (tertiary/aromatic N) is 2. The molecular formula is C16H21ClN2O. The molecule has 1 heterocycles. The molecule has 0 N–H and O–H groups in total. The summed E-state index contributed by atoms with van der Waals surface area (Å²) in [6.07, 6.45) is 0. The molecule has 0 atom stereocenters. The third kappa shape index (κ3) is 4.72. The monoisotopic (exact) mass is 292 g/mol. The summed E-state index contributed by atoms with van der Waals surface area (Å²) >= 11 is 5.60. The second-order valence-corrected chi connectivity index (χ2v) is 5.19. The number of likely N-dealkylation sites (N-methyl/N-ethyl adjacent to an activating group) is 1. The standard InChI is InChI=1S/C16H21ClN2O/c1-18-9-11-19(12-10-18)13-14-20-16-7-3-2-5-15(16)6-4-8-17/h2-3,5,7H,8-14H2,1H3. The average molecular weight is 293 g/mol. The van der Waals surface area contributed by atoms with Gasteiger partial charge in [-0.1, -0.05) is 24.0 Å². The predicted octanol–water partition coefficient (Wildman–Crippen LogP) is 1.90. The highest BCUT2D eigenvalue weighted by Crippen LogP contribution is 2.16. The van der Waals surface area contributed by atoms with Crippen LogP contribution in [0.5, 0.6) is 5.75 Å². The minimum Gasteiger partial charge on any atom is -0.491 e. The molecule has 1 aliphatic heterocycles. The molecule has 1 aromatic rings. The Balaban J connectivity index is 1.82. The second kappa shape index (κ2) is 8.16. The summed E-state index contributed by atoms with van der Waals surface area (Å²) in [6.45, 7) is 6.17. The van der Waals surface area contributed by atoms with E-state index in [-0.39, 0.29) is 0 Å². The van der Waals surface area contributed by atoms with E-state index in [0.29, 0.717) is 12.5 Å². The van der Waals surface area contributed by atoms with Crippen LogP contribution in [0.1, 0.15) is 5.56 Å². The van der Waals surface area contributed by atoms with E-state index in [9.17, 15) is 0 Å². The number of halogens is 1. The molecule has 20 heavy (non-hydrogen) atoms. The Morgan fingerprint density at radius 1 is 1.20 bits per heavy atom. The first kappa shape index (κ1) is 15.2. The maximum absolute atomic E-state index is 5.86. The maximum Gasteiger partial charge on any atom is 0.134 e. The minimum atomic E-state index is 0.343. The Morgan fingerprint density at radius 2 is 1.95 bits per heavy atom. The fraction of sp³-hybridized carbons (Fsp3) is 0.500. The molecule has 2 rings (SSSR count). The van der Waals surface area contributed by atoms with E-state index in [0.717, 1.165) is 44.0 Å². The van der Waals surface area contributed by atoms with E-state index >= 15 is 0 Å². The van der Waals surface area contributed by atoms with Gasteiger partial charge in [-0.05, 0) is 19.2 Å². The number of para-hydroxylation sites is 1. The Bertz CT molecular complexity index is 473. The summed E-state index contributed by atoms with van der Waals surface area (Å²) in [5, 5.41) is 0. The third-order valence-corrected chi connectivity index (χ3v) is 3.57. The van der Waals surface area contributed by atoms with Crippen LogP contribution in [0.25, 0.3) is 0 Å². The van der Waals surface area contributed by atoms with E-state index in [1.165, 1.54) is 0 Å². The molecule has 1 fully saturated rings. The molecule has 1 aromatic carbocycles. The van der Waals surface area contributed by atoms with E-state index in [1.54, 1.807) is 0 Å². The predicted molar refractivity (Wildman–Crippen MR) is 83.5 cm³/mol. The highest BCUT2D eigenvalue weighted by Gasteiger charge is 2.13. The molecule has 1 aliphatic rings. The number of piperazine rings is 1. The number of rotatable bonds is 4. The van der Waals surface area contributed by atoms with Crippen LogP contribution in [0.15, 0.2) is 24.3 Å². The quantitative estimate of drug-likeness (QED) is 0.623. The topological polar surface area (TPSA) is 15.7 Å². The molecular weight excluding hydrogens is 272 g/mol. The molecule has 0 amide bonds. The van der Waals surface area contributed by atoms with Gasteiger partial charge in [0.05, 0.1) is 11.4 Å². The van der Waals surface area contributed by atoms with Gasteiger partial charge in [0.15, 0.2) is 0 Å². The molecule has 0 unspecified atom stereocenters. The van der Waals surface area contributed by atoms with E-state index in [1.807, 2.05) is 24.3 Å². The first-order valence-electron chi connectivity index (χ1n) is 6.97. The maximum atomic E-state index is 5.86. The number of ether oxygens (including phenoxy) is 1. The highest BCUT2D eigenvalue weighted by molar-refractivity contribution is 6.19. The zero-order valence-corrected chi connectivity index (χ0v) is 12.7. The summed E-state index contributed by atoms with van der Waals surface area (Å²) in [6, 6.07) is 7.86. The molecule has 3 nitrogen and oxygen atoms in total. The van der Waals surface area contributed by atoms with Gasteiger partial charge in [0, 0.05) is 32.7 Å². The molecule has 0 aromatic heterocycles. The van der Waals surface area contributed by atoms with Crippen LogP contribution in [-0.4, -0.2) is 62.1 Å². The number of alkyl halides is 1. The van der Waals surface area contributed by atoms with Crippen LogP contribution in [0.2, 0.25) is 0 Å². The van der Waals surface area contributed by atoms with Crippen molar-refractivity contribution >= 4 is 11.6 Å².